The Morgan fingerprint density at radius 2 is 2.00 bits per heavy atom. The highest BCUT2D eigenvalue weighted by molar-refractivity contribution is 5.85. The molecule has 0 unspecified atom stereocenters. The lowest BCUT2D eigenvalue weighted by Gasteiger charge is -1.75. The molecule has 0 bridgehead atoms. The van der Waals surface area contributed by atoms with Crippen molar-refractivity contribution in [1.82, 2.24) is 0 Å². The number of aliphatic hydroxyl groups excluding tert-OH is 1. The van der Waals surface area contributed by atoms with Crippen LogP contribution in [0.25, 0.3) is 0 Å². The van der Waals surface area contributed by atoms with Gasteiger partial charge < -0.3 is 10.8 Å². The molecule has 3 heteroatoms. The maximum absolute atomic E-state index is 8.08. The summed E-state index contributed by atoms with van der Waals surface area (Å²) < 4.78 is 0. The number of rotatable bonds is 1. The first-order chi connectivity index (χ1) is 3.41. The lowest BCUT2D eigenvalue weighted by atomic mass is 10.4. The lowest BCUT2D eigenvalue weighted by Crippen LogP contribution is -1.95. The number of halogens is 1. The van der Waals surface area contributed by atoms with E-state index < -0.39 is 0 Å². The van der Waals surface area contributed by atoms with Crippen molar-refractivity contribution >= 4 is 12.4 Å². The van der Waals surface area contributed by atoms with Gasteiger partial charge in [-0.05, 0) is 0 Å². The molecule has 0 saturated heterocycles. The van der Waals surface area contributed by atoms with Crippen molar-refractivity contribution in [3.63, 3.8) is 0 Å². The molecule has 0 fully saturated rings. The average Bonchev–Trinajstić information content (AvgIpc) is 1.69. The summed E-state index contributed by atoms with van der Waals surface area (Å²) in [6.45, 7) is 0.521. The Bertz CT molecular complexity index is 84.2. The fourth-order valence-corrected chi connectivity index (χ4v) is 0.216. The van der Waals surface area contributed by atoms with E-state index in [2.05, 4.69) is 11.8 Å². The molecule has 0 atom stereocenters. The van der Waals surface area contributed by atoms with Gasteiger partial charge in [0.15, 0.2) is 0 Å². The summed E-state index contributed by atoms with van der Waals surface area (Å²) in [4.78, 5) is 0. The average molecular weight is 136 g/mol. The molecule has 8 heavy (non-hydrogen) atoms. The van der Waals surface area contributed by atoms with Gasteiger partial charge in [-0.3, -0.25) is 0 Å². The van der Waals surface area contributed by atoms with Crippen molar-refractivity contribution in [3.05, 3.63) is 0 Å². The van der Waals surface area contributed by atoms with Crippen molar-refractivity contribution in [2.45, 2.75) is 6.42 Å². The molecule has 0 rings (SSSR count). The van der Waals surface area contributed by atoms with Gasteiger partial charge in [-0.2, -0.15) is 0 Å². The molecule has 0 aliphatic heterocycles. The van der Waals surface area contributed by atoms with Crippen LogP contribution in [0.4, 0.5) is 0 Å². The molecule has 2 nitrogen and oxygen atoms in total. The topological polar surface area (TPSA) is 46.2 Å². The van der Waals surface area contributed by atoms with Gasteiger partial charge in [-0.25, -0.2) is 0 Å². The fraction of sp³-hybridized carbons (Fsp3) is 0.600. The summed E-state index contributed by atoms with van der Waals surface area (Å²) in [5.74, 6) is 5.13. The molecule has 0 aliphatic rings. The Kier molecular flexibility index (Phi) is 13.2. The third kappa shape index (κ3) is 9.24. The highest BCUT2D eigenvalue weighted by Crippen LogP contribution is 1.63. The van der Waals surface area contributed by atoms with E-state index in [4.69, 9.17) is 10.8 Å². The van der Waals surface area contributed by atoms with Crippen LogP contribution in [0.5, 0.6) is 0 Å². The van der Waals surface area contributed by atoms with E-state index >= 15 is 0 Å². The number of hydrogen-bond donors (Lipinski definition) is 2. The zero-order valence-corrected chi connectivity index (χ0v) is 5.37. The van der Waals surface area contributed by atoms with E-state index in [1.165, 1.54) is 0 Å². The first-order valence-electron chi connectivity index (χ1n) is 2.18. The normalized spacial score (nSPS) is 6.25. The van der Waals surface area contributed by atoms with Gasteiger partial charge in [0.25, 0.3) is 0 Å². The minimum atomic E-state index is -0.0556. The standard InChI is InChI=1S/C5H9NO.ClH/c6-4-2-1-3-5-7;/h7H,2,4-6H2;1H. The third-order valence-corrected chi connectivity index (χ3v) is 0.473. The second kappa shape index (κ2) is 9.91. The highest BCUT2D eigenvalue weighted by Gasteiger charge is 1.65. The van der Waals surface area contributed by atoms with Gasteiger partial charge in [0.2, 0.25) is 0 Å². The Hall–Kier alpha value is -0.230. The summed E-state index contributed by atoms with van der Waals surface area (Å²) in [6, 6.07) is 0. The summed E-state index contributed by atoms with van der Waals surface area (Å²) in [7, 11) is 0. The van der Waals surface area contributed by atoms with Gasteiger partial charge in [-0.15, -0.1) is 12.4 Å². The zero-order chi connectivity index (χ0) is 5.54. The van der Waals surface area contributed by atoms with Crippen molar-refractivity contribution in [1.29, 1.82) is 0 Å². The first kappa shape index (κ1) is 10.7. The van der Waals surface area contributed by atoms with Crippen molar-refractivity contribution in [2.75, 3.05) is 13.2 Å². The van der Waals surface area contributed by atoms with Crippen LogP contribution in [0.1, 0.15) is 6.42 Å². The maximum Gasteiger partial charge on any atom is 0.104 e. The smallest absolute Gasteiger partial charge is 0.104 e. The van der Waals surface area contributed by atoms with Crippen molar-refractivity contribution in [3.8, 4) is 11.8 Å². The van der Waals surface area contributed by atoms with Crippen LogP contribution in [0.3, 0.4) is 0 Å². The van der Waals surface area contributed by atoms with E-state index in [1.807, 2.05) is 0 Å². The van der Waals surface area contributed by atoms with E-state index in [-0.39, 0.29) is 19.0 Å². The predicted octanol–water partition coefficient (Wildman–Crippen LogP) is -0.247. The van der Waals surface area contributed by atoms with E-state index in [0.29, 0.717) is 13.0 Å². The molecule has 0 amide bonds. The molecule has 0 aromatic carbocycles. The summed E-state index contributed by atoms with van der Waals surface area (Å²) in [5, 5.41) is 8.08. The molecule has 3 N–H and O–H groups in total. The Morgan fingerprint density at radius 3 is 2.38 bits per heavy atom. The monoisotopic (exact) mass is 135 g/mol. The number of hydrogen-bond acceptors (Lipinski definition) is 2. The maximum atomic E-state index is 8.08. The molecule has 0 aromatic heterocycles. The van der Waals surface area contributed by atoms with Gasteiger partial charge >= 0.3 is 0 Å². The van der Waals surface area contributed by atoms with Gasteiger partial charge in [-0.1, -0.05) is 11.8 Å². The first-order valence-corrected chi connectivity index (χ1v) is 2.18. The van der Waals surface area contributed by atoms with Crippen LogP contribution in [0, 0.1) is 11.8 Å². The van der Waals surface area contributed by atoms with E-state index in [1.54, 1.807) is 0 Å². The van der Waals surface area contributed by atoms with E-state index in [9.17, 15) is 0 Å². The van der Waals surface area contributed by atoms with Gasteiger partial charge in [0.05, 0.1) is 0 Å². The van der Waals surface area contributed by atoms with Crippen LogP contribution in [-0.2, 0) is 0 Å². The molecule has 48 valence electrons. The third-order valence-electron chi connectivity index (χ3n) is 0.473. The second-order valence-electron chi connectivity index (χ2n) is 1.05. The molecular formula is C5H10ClNO. The Balaban J connectivity index is 0. The summed E-state index contributed by atoms with van der Waals surface area (Å²) in [6.07, 6.45) is 0.681. The van der Waals surface area contributed by atoms with Crippen LogP contribution in [0.15, 0.2) is 0 Å². The van der Waals surface area contributed by atoms with Gasteiger partial charge in [0, 0.05) is 13.0 Å². The second-order valence-corrected chi connectivity index (χ2v) is 1.05. The summed E-state index contributed by atoms with van der Waals surface area (Å²) in [5.41, 5.74) is 5.09. The van der Waals surface area contributed by atoms with Crippen molar-refractivity contribution in [2.24, 2.45) is 5.73 Å². The minimum Gasteiger partial charge on any atom is -0.384 e. The SMILES string of the molecule is Cl.NCCC#CCO. The number of nitrogens with two attached hydrogens (primary N) is 1. The van der Waals surface area contributed by atoms with Crippen LogP contribution >= 0.6 is 12.4 Å². The lowest BCUT2D eigenvalue weighted by molar-refractivity contribution is 0.350. The largest absolute Gasteiger partial charge is 0.384 e. The molecular weight excluding hydrogens is 126 g/mol. The highest BCUT2D eigenvalue weighted by atomic mass is 35.5. The molecule has 0 aromatic rings. The Morgan fingerprint density at radius 1 is 1.38 bits per heavy atom. The van der Waals surface area contributed by atoms with Gasteiger partial charge in [0.1, 0.15) is 6.61 Å². The quantitative estimate of drug-likeness (QED) is 0.488. The molecule has 0 aliphatic carbocycles. The molecule has 0 spiro atoms. The van der Waals surface area contributed by atoms with E-state index in [0.717, 1.165) is 0 Å². The summed E-state index contributed by atoms with van der Waals surface area (Å²) >= 11 is 0. The molecule has 0 saturated carbocycles. The molecule has 0 radical (unpaired) electrons. The van der Waals surface area contributed by atoms with Crippen LogP contribution in [-0.4, -0.2) is 18.3 Å². The van der Waals surface area contributed by atoms with Crippen LogP contribution < -0.4 is 5.73 Å². The Labute approximate surface area is 55.5 Å². The fourth-order valence-electron chi connectivity index (χ4n) is 0.216. The van der Waals surface area contributed by atoms with Crippen molar-refractivity contribution < 1.29 is 5.11 Å². The predicted molar refractivity (Wildman–Crippen MR) is 35.8 cm³/mol. The number of aliphatic hydroxyl groups is 1. The minimum absolute atomic E-state index is 0. The molecule has 0 heterocycles. The van der Waals surface area contributed by atoms with Crippen LogP contribution in [0.2, 0.25) is 0 Å². The zero-order valence-electron chi connectivity index (χ0n) is 4.55.